The molecule has 0 saturated heterocycles. The first-order chi connectivity index (χ1) is 9.65. The summed E-state index contributed by atoms with van der Waals surface area (Å²) in [6.45, 7) is 2.23. The summed E-state index contributed by atoms with van der Waals surface area (Å²) in [5.74, 6) is -0.197. The number of anilines is 2. The minimum Gasteiger partial charge on any atom is -0.372 e. The van der Waals surface area contributed by atoms with Gasteiger partial charge in [-0.2, -0.15) is 0 Å². The third-order valence-corrected chi connectivity index (χ3v) is 2.79. The zero-order valence-electron chi connectivity index (χ0n) is 11.3. The molecule has 0 aliphatic rings. The third kappa shape index (κ3) is 2.90. The Kier molecular flexibility index (Phi) is 4.24. The lowest BCUT2D eigenvalue weighted by molar-refractivity contribution is 0.0983. The van der Waals surface area contributed by atoms with Gasteiger partial charge < -0.3 is 10.2 Å². The first kappa shape index (κ1) is 13.9. The van der Waals surface area contributed by atoms with Crippen LogP contribution in [0.3, 0.4) is 0 Å². The number of rotatable bonds is 4. The second-order valence-electron chi connectivity index (χ2n) is 4.07. The summed E-state index contributed by atoms with van der Waals surface area (Å²) in [6.07, 6.45) is 2.92. The van der Waals surface area contributed by atoms with E-state index in [1.165, 1.54) is 29.4 Å². The van der Waals surface area contributed by atoms with Crippen LogP contribution in [-0.2, 0) is 0 Å². The molecule has 1 N–H and O–H groups in total. The SMILES string of the molecule is CCN(C(=O)c1cncc(NC)n1)c1cccc(F)c1. The van der Waals surface area contributed by atoms with Gasteiger partial charge in [0.15, 0.2) is 0 Å². The van der Waals surface area contributed by atoms with Crippen LogP contribution in [-0.4, -0.2) is 29.5 Å². The van der Waals surface area contributed by atoms with E-state index in [1.807, 2.05) is 6.92 Å². The maximum Gasteiger partial charge on any atom is 0.278 e. The molecule has 0 aliphatic heterocycles. The zero-order valence-corrected chi connectivity index (χ0v) is 11.3. The van der Waals surface area contributed by atoms with Crippen molar-refractivity contribution in [3.05, 3.63) is 48.2 Å². The van der Waals surface area contributed by atoms with Gasteiger partial charge in [0.05, 0.1) is 12.4 Å². The molecule has 0 bridgehead atoms. The van der Waals surface area contributed by atoms with Gasteiger partial charge in [0.2, 0.25) is 0 Å². The maximum absolute atomic E-state index is 13.3. The Morgan fingerprint density at radius 1 is 1.40 bits per heavy atom. The average molecular weight is 274 g/mol. The van der Waals surface area contributed by atoms with Crippen molar-refractivity contribution >= 4 is 17.4 Å². The summed E-state index contributed by atoms with van der Waals surface area (Å²) >= 11 is 0. The molecular weight excluding hydrogens is 259 g/mol. The molecule has 0 spiro atoms. The van der Waals surface area contributed by atoms with Gasteiger partial charge in [0, 0.05) is 19.3 Å². The summed E-state index contributed by atoms with van der Waals surface area (Å²) in [6, 6.07) is 5.90. The van der Waals surface area contributed by atoms with E-state index in [-0.39, 0.29) is 17.4 Å². The molecule has 0 radical (unpaired) electrons. The summed E-state index contributed by atoms with van der Waals surface area (Å²) in [5.41, 5.74) is 0.706. The number of halogens is 1. The van der Waals surface area contributed by atoms with Crippen LogP contribution in [0.5, 0.6) is 0 Å². The van der Waals surface area contributed by atoms with E-state index in [9.17, 15) is 9.18 Å². The number of carbonyl (C=O) groups excluding carboxylic acids is 1. The fourth-order valence-corrected chi connectivity index (χ4v) is 1.82. The van der Waals surface area contributed by atoms with Crippen molar-refractivity contribution in [2.75, 3.05) is 23.8 Å². The second kappa shape index (κ2) is 6.10. The van der Waals surface area contributed by atoms with Crippen molar-refractivity contribution in [3.8, 4) is 0 Å². The normalized spacial score (nSPS) is 10.2. The maximum atomic E-state index is 13.3. The van der Waals surface area contributed by atoms with E-state index in [1.54, 1.807) is 19.2 Å². The van der Waals surface area contributed by atoms with Crippen LogP contribution in [0.1, 0.15) is 17.4 Å². The summed E-state index contributed by atoms with van der Waals surface area (Å²) < 4.78 is 13.3. The lowest BCUT2D eigenvalue weighted by Crippen LogP contribution is -2.31. The Morgan fingerprint density at radius 3 is 2.85 bits per heavy atom. The molecule has 0 atom stereocenters. The highest BCUT2D eigenvalue weighted by Crippen LogP contribution is 2.17. The fourth-order valence-electron chi connectivity index (χ4n) is 1.82. The van der Waals surface area contributed by atoms with Crippen LogP contribution >= 0.6 is 0 Å². The topological polar surface area (TPSA) is 58.1 Å². The van der Waals surface area contributed by atoms with Crippen molar-refractivity contribution in [1.29, 1.82) is 0 Å². The molecule has 1 heterocycles. The van der Waals surface area contributed by atoms with Crippen LogP contribution < -0.4 is 10.2 Å². The lowest BCUT2D eigenvalue weighted by Gasteiger charge is -2.20. The first-order valence-corrected chi connectivity index (χ1v) is 6.23. The van der Waals surface area contributed by atoms with Crippen LogP contribution in [0.4, 0.5) is 15.9 Å². The van der Waals surface area contributed by atoms with Gasteiger partial charge in [0.1, 0.15) is 17.3 Å². The molecule has 1 aromatic carbocycles. The molecule has 0 fully saturated rings. The highest BCUT2D eigenvalue weighted by atomic mass is 19.1. The van der Waals surface area contributed by atoms with Gasteiger partial charge >= 0.3 is 0 Å². The molecular formula is C14H15FN4O. The number of hydrogen-bond acceptors (Lipinski definition) is 4. The van der Waals surface area contributed by atoms with Gasteiger partial charge in [-0.3, -0.25) is 9.78 Å². The summed E-state index contributed by atoms with van der Waals surface area (Å²) in [7, 11) is 1.70. The molecule has 0 aliphatic carbocycles. The number of hydrogen-bond donors (Lipinski definition) is 1. The van der Waals surface area contributed by atoms with E-state index < -0.39 is 0 Å². The van der Waals surface area contributed by atoms with E-state index in [0.717, 1.165) is 0 Å². The molecule has 2 rings (SSSR count). The van der Waals surface area contributed by atoms with Crippen LogP contribution in [0, 0.1) is 5.82 Å². The molecule has 2 aromatic rings. The Labute approximate surface area is 116 Å². The zero-order chi connectivity index (χ0) is 14.5. The molecule has 20 heavy (non-hydrogen) atoms. The highest BCUT2D eigenvalue weighted by molar-refractivity contribution is 6.04. The lowest BCUT2D eigenvalue weighted by atomic mass is 10.2. The Hall–Kier alpha value is -2.50. The number of carbonyl (C=O) groups is 1. The first-order valence-electron chi connectivity index (χ1n) is 6.23. The molecule has 0 unspecified atom stereocenters. The largest absolute Gasteiger partial charge is 0.372 e. The van der Waals surface area contributed by atoms with Crippen molar-refractivity contribution in [2.45, 2.75) is 6.92 Å². The smallest absolute Gasteiger partial charge is 0.278 e. The van der Waals surface area contributed by atoms with Crippen molar-refractivity contribution < 1.29 is 9.18 Å². The van der Waals surface area contributed by atoms with Crippen LogP contribution in [0.25, 0.3) is 0 Å². The van der Waals surface area contributed by atoms with Gasteiger partial charge in [0.25, 0.3) is 5.91 Å². The number of benzene rings is 1. The van der Waals surface area contributed by atoms with E-state index >= 15 is 0 Å². The van der Waals surface area contributed by atoms with Crippen molar-refractivity contribution in [3.63, 3.8) is 0 Å². The molecule has 5 nitrogen and oxygen atoms in total. The minimum absolute atomic E-state index is 0.211. The predicted molar refractivity (Wildman–Crippen MR) is 75.3 cm³/mol. The standard InChI is InChI=1S/C14H15FN4O/c1-3-19(11-6-4-5-10(15)7-11)14(20)12-8-17-9-13(16-2)18-12/h4-9H,3H2,1-2H3,(H,16,18). The van der Waals surface area contributed by atoms with E-state index in [4.69, 9.17) is 0 Å². The van der Waals surface area contributed by atoms with E-state index in [0.29, 0.717) is 18.1 Å². The highest BCUT2D eigenvalue weighted by Gasteiger charge is 2.18. The molecule has 6 heteroatoms. The van der Waals surface area contributed by atoms with E-state index in [2.05, 4.69) is 15.3 Å². The Balaban J connectivity index is 2.33. The second-order valence-corrected chi connectivity index (χ2v) is 4.07. The number of amides is 1. The number of aromatic nitrogens is 2. The molecule has 0 saturated carbocycles. The average Bonchev–Trinajstić information content (AvgIpc) is 2.48. The monoisotopic (exact) mass is 274 g/mol. The fraction of sp³-hybridized carbons (Fsp3) is 0.214. The third-order valence-electron chi connectivity index (χ3n) is 2.79. The number of nitrogens with zero attached hydrogens (tertiary/aromatic N) is 3. The predicted octanol–water partition coefficient (Wildman–Crippen LogP) is 2.32. The van der Waals surface area contributed by atoms with Crippen molar-refractivity contribution in [2.24, 2.45) is 0 Å². The van der Waals surface area contributed by atoms with Gasteiger partial charge in [-0.25, -0.2) is 9.37 Å². The van der Waals surface area contributed by atoms with Crippen LogP contribution in [0.2, 0.25) is 0 Å². The van der Waals surface area contributed by atoms with Gasteiger partial charge in [-0.1, -0.05) is 6.07 Å². The van der Waals surface area contributed by atoms with Gasteiger partial charge in [-0.05, 0) is 25.1 Å². The molecule has 1 aromatic heterocycles. The Morgan fingerprint density at radius 2 is 2.20 bits per heavy atom. The quantitative estimate of drug-likeness (QED) is 0.929. The molecule has 104 valence electrons. The number of nitrogens with one attached hydrogen (secondary N) is 1. The minimum atomic E-state index is -0.385. The van der Waals surface area contributed by atoms with Crippen LogP contribution in [0.15, 0.2) is 36.7 Å². The van der Waals surface area contributed by atoms with Crippen molar-refractivity contribution in [1.82, 2.24) is 9.97 Å². The summed E-state index contributed by atoms with van der Waals surface area (Å²) in [5, 5.41) is 2.82. The van der Waals surface area contributed by atoms with Gasteiger partial charge in [-0.15, -0.1) is 0 Å². The summed E-state index contributed by atoms with van der Waals surface area (Å²) in [4.78, 5) is 22.0. The molecule has 1 amide bonds. The Bertz CT molecular complexity index is 618.